The normalized spacial score (nSPS) is 13.5. The van der Waals surface area contributed by atoms with Gasteiger partial charge in [-0.15, -0.1) is 28.1 Å². The van der Waals surface area contributed by atoms with Crippen LogP contribution in [-0.4, -0.2) is 39.5 Å². The maximum Gasteiger partial charge on any atom is 0.341 e. The number of ether oxygens (including phenoxy) is 2. The second kappa shape index (κ2) is 11.9. The van der Waals surface area contributed by atoms with E-state index in [1.165, 1.54) is 30.2 Å². The summed E-state index contributed by atoms with van der Waals surface area (Å²) in [6.07, 6.45) is 5.14. The van der Waals surface area contributed by atoms with Crippen LogP contribution in [0.1, 0.15) is 52.5 Å². The Hall–Kier alpha value is -2.82. The second-order valence-corrected chi connectivity index (χ2v) is 10.6. The molecule has 1 amide bonds. The summed E-state index contributed by atoms with van der Waals surface area (Å²) in [6, 6.07) is 7.23. The first-order chi connectivity index (χ1) is 17.4. The first kappa shape index (κ1) is 26.2. The van der Waals surface area contributed by atoms with E-state index in [0.717, 1.165) is 36.1 Å². The van der Waals surface area contributed by atoms with Gasteiger partial charge in [0.2, 0.25) is 5.91 Å². The Morgan fingerprint density at radius 1 is 1.31 bits per heavy atom. The molecule has 0 saturated heterocycles. The summed E-state index contributed by atoms with van der Waals surface area (Å²) in [7, 11) is 1.36. The highest BCUT2D eigenvalue weighted by Crippen LogP contribution is 2.38. The van der Waals surface area contributed by atoms with Crippen LogP contribution >= 0.6 is 34.7 Å². The van der Waals surface area contributed by atoms with Crippen molar-refractivity contribution >= 4 is 51.6 Å². The van der Waals surface area contributed by atoms with Crippen molar-refractivity contribution in [2.24, 2.45) is 0 Å². The molecule has 11 heteroatoms. The number of nitrogens with zero attached hydrogens (tertiary/aromatic N) is 3. The molecule has 4 rings (SSSR count). The number of anilines is 1. The molecule has 2 aromatic heterocycles. The van der Waals surface area contributed by atoms with Gasteiger partial charge in [0.05, 0.1) is 23.4 Å². The number of hydrogen-bond donors (Lipinski definition) is 1. The Balaban J connectivity index is 1.46. The van der Waals surface area contributed by atoms with Crippen molar-refractivity contribution in [1.29, 1.82) is 0 Å². The molecule has 0 aliphatic heterocycles. The number of aryl methyl sites for hydroxylation is 1. The van der Waals surface area contributed by atoms with Crippen LogP contribution in [0.3, 0.4) is 0 Å². The number of carbonyl (C=O) groups is 2. The smallest absolute Gasteiger partial charge is 0.341 e. The highest BCUT2D eigenvalue weighted by atomic mass is 35.5. The minimum Gasteiger partial charge on any atom is -0.481 e. The fourth-order valence-corrected chi connectivity index (χ4v) is 6.29. The number of methoxy groups -OCH3 is 1. The fourth-order valence-electron chi connectivity index (χ4n) is 4.06. The molecule has 1 aromatic carbocycles. The molecule has 0 radical (unpaired) electrons. The molecule has 3 aromatic rings. The quantitative estimate of drug-likeness (QED) is 0.197. The summed E-state index contributed by atoms with van der Waals surface area (Å²) >= 11 is 8.94. The first-order valence-corrected chi connectivity index (χ1v) is 13.7. The van der Waals surface area contributed by atoms with Gasteiger partial charge in [0.25, 0.3) is 0 Å². The molecule has 0 fully saturated rings. The molecule has 1 aliphatic rings. The molecule has 2 heterocycles. The van der Waals surface area contributed by atoms with Crippen molar-refractivity contribution in [2.45, 2.75) is 50.4 Å². The van der Waals surface area contributed by atoms with Crippen molar-refractivity contribution in [1.82, 2.24) is 14.8 Å². The van der Waals surface area contributed by atoms with Crippen LogP contribution in [0.5, 0.6) is 5.75 Å². The number of fused-ring (bicyclic) bond motifs is 1. The number of benzene rings is 1. The molecular weight excluding hydrogens is 520 g/mol. The summed E-state index contributed by atoms with van der Waals surface area (Å²) < 4.78 is 12.8. The Labute approximate surface area is 223 Å². The van der Waals surface area contributed by atoms with Crippen LogP contribution in [-0.2, 0) is 28.9 Å². The molecular formula is C25H27ClN4O4S2. The van der Waals surface area contributed by atoms with Gasteiger partial charge >= 0.3 is 5.97 Å². The van der Waals surface area contributed by atoms with Gasteiger partial charge in [0, 0.05) is 11.4 Å². The number of allylic oxidation sites excluding steroid dienone is 1. The van der Waals surface area contributed by atoms with E-state index in [2.05, 4.69) is 22.1 Å². The number of para-hydroxylation sites is 1. The number of carbonyl (C=O) groups excluding carboxylic acids is 2. The molecule has 8 nitrogen and oxygen atoms in total. The summed E-state index contributed by atoms with van der Waals surface area (Å²) in [5, 5.41) is 13.1. The predicted molar refractivity (Wildman–Crippen MR) is 142 cm³/mol. The monoisotopic (exact) mass is 546 g/mol. The average Bonchev–Trinajstić information content (AvgIpc) is 3.44. The molecule has 0 bridgehead atoms. The van der Waals surface area contributed by atoms with E-state index in [1.807, 2.05) is 23.6 Å². The third-order valence-corrected chi connectivity index (χ3v) is 8.19. The number of nitrogens with one attached hydrogen (secondary N) is 1. The van der Waals surface area contributed by atoms with Gasteiger partial charge in [-0.05, 0) is 50.3 Å². The minimum atomic E-state index is -0.430. The van der Waals surface area contributed by atoms with Crippen molar-refractivity contribution in [3.63, 3.8) is 0 Å². The average molecular weight is 547 g/mol. The van der Waals surface area contributed by atoms with Gasteiger partial charge in [0.15, 0.2) is 17.1 Å². The van der Waals surface area contributed by atoms with Crippen molar-refractivity contribution < 1.29 is 19.1 Å². The standard InChI is InChI=1S/C25H27ClN4O4S2/c1-4-13-30-22(15(2)34-18-11-7-6-10-17(18)26)28-29-25(30)35-14-20(31)27-23-21(24(32)33-3)16-9-5-8-12-19(16)36-23/h4,6-7,10-11,15H,1,5,8-9,12-14H2,2-3H3,(H,27,31). The zero-order valence-electron chi connectivity index (χ0n) is 20.1. The van der Waals surface area contributed by atoms with Gasteiger partial charge in [-0.3, -0.25) is 9.36 Å². The topological polar surface area (TPSA) is 95.3 Å². The maximum atomic E-state index is 12.9. The van der Waals surface area contributed by atoms with Crippen molar-refractivity contribution in [3.8, 4) is 5.75 Å². The summed E-state index contributed by atoms with van der Waals surface area (Å²) in [5.41, 5.74) is 1.49. The van der Waals surface area contributed by atoms with E-state index in [4.69, 9.17) is 21.1 Å². The Morgan fingerprint density at radius 3 is 2.83 bits per heavy atom. The molecule has 0 spiro atoms. The summed E-state index contributed by atoms with van der Waals surface area (Å²) in [5.74, 6) is 0.585. The minimum absolute atomic E-state index is 0.0954. The Kier molecular flexibility index (Phi) is 8.71. The number of amides is 1. The number of thioether (sulfide) groups is 1. The zero-order chi connectivity index (χ0) is 25.7. The molecule has 1 atom stereocenters. The van der Waals surface area contributed by atoms with E-state index >= 15 is 0 Å². The number of thiophene rings is 1. The van der Waals surface area contributed by atoms with Crippen molar-refractivity contribution in [3.05, 3.63) is 63.8 Å². The van der Waals surface area contributed by atoms with Gasteiger partial charge in [-0.2, -0.15) is 0 Å². The van der Waals surface area contributed by atoms with Crippen LogP contribution in [0.15, 0.2) is 42.1 Å². The van der Waals surface area contributed by atoms with Crippen LogP contribution in [0, 0.1) is 0 Å². The molecule has 1 aliphatic carbocycles. The molecule has 1 N–H and O–H groups in total. The fraction of sp³-hybridized carbons (Fsp3) is 0.360. The van der Waals surface area contributed by atoms with Crippen LogP contribution in [0.2, 0.25) is 5.02 Å². The number of aromatic nitrogens is 3. The lowest BCUT2D eigenvalue weighted by Crippen LogP contribution is -2.17. The number of rotatable bonds is 10. The van der Waals surface area contributed by atoms with Gasteiger partial charge in [-0.1, -0.05) is 41.6 Å². The summed E-state index contributed by atoms with van der Waals surface area (Å²) in [4.78, 5) is 26.4. The summed E-state index contributed by atoms with van der Waals surface area (Å²) in [6.45, 7) is 6.14. The van der Waals surface area contributed by atoms with Crippen LogP contribution in [0.4, 0.5) is 5.00 Å². The zero-order valence-corrected chi connectivity index (χ0v) is 22.5. The highest BCUT2D eigenvalue weighted by molar-refractivity contribution is 7.99. The third-order valence-electron chi connectivity index (χ3n) is 5.71. The maximum absolute atomic E-state index is 12.9. The number of hydrogen-bond acceptors (Lipinski definition) is 8. The van der Waals surface area contributed by atoms with E-state index in [0.29, 0.717) is 38.9 Å². The van der Waals surface area contributed by atoms with Gasteiger partial charge in [-0.25, -0.2) is 4.79 Å². The second-order valence-electron chi connectivity index (χ2n) is 8.17. The number of esters is 1. The predicted octanol–water partition coefficient (Wildman–Crippen LogP) is 5.72. The van der Waals surface area contributed by atoms with E-state index in [-0.39, 0.29) is 11.7 Å². The van der Waals surface area contributed by atoms with Gasteiger partial charge in [0.1, 0.15) is 10.8 Å². The highest BCUT2D eigenvalue weighted by Gasteiger charge is 2.27. The van der Waals surface area contributed by atoms with E-state index < -0.39 is 12.1 Å². The largest absolute Gasteiger partial charge is 0.481 e. The number of halogens is 1. The lowest BCUT2D eigenvalue weighted by molar-refractivity contribution is -0.113. The molecule has 0 saturated carbocycles. The van der Waals surface area contributed by atoms with E-state index in [9.17, 15) is 9.59 Å². The van der Waals surface area contributed by atoms with Crippen LogP contribution < -0.4 is 10.1 Å². The SMILES string of the molecule is C=CCn1c(SCC(=O)Nc2sc3c(c2C(=O)OC)CCCC3)nnc1C(C)Oc1ccccc1Cl. The molecule has 190 valence electrons. The third kappa shape index (κ3) is 5.77. The molecule has 1 unspecified atom stereocenters. The Bertz CT molecular complexity index is 1270. The molecule has 36 heavy (non-hydrogen) atoms. The van der Waals surface area contributed by atoms with Crippen LogP contribution in [0.25, 0.3) is 0 Å². The van der Waals surface area contributed by atoms with E-state index in [1.54, 1.807) is 18.2 Å². The lowest BCUT2D eigenvalue weighted by Gasteiger charge is -2.16. The Morgan fingerprint density at radius 2 is 2.08 bits per heavy atom. The first-order valence-electron chi connectivity index (χ1n) is 11.5. The lowest BCUT2D eigenvalue weighted by atomic mass is 9.95. The van der Waals surface area contributed by atoms with Gasteiger partial charge < -0.3 is 14.8 Å². The van der Waals surface area contributed by atoms with Crippen molar-refractivity contribution in [2.75, 3.05) is 18.2 Å².